The third-order valence-corrected chi connectivity index (χ3v) is 9.58. The Morgan fingerprint density at radius 3 is 2.21 bits per heavy atom. The van der Waals surface area contributed by atoms with E-state index in [-0.39, 0.29) is 4.87 Å². The largest absolute Gasteiger partial charge is 0.318 e. The lowest BCUT2D eigenvalue weighted by molar-refractivity contribution is -0.107. The van der Waals surface area contributed by atoms with Crippen molar-refractivity contribution in [1.29, 1.82) is 0 Å². The molecule has 6 rings (SSSR count). The average molecular weight is 562 g/mol. The highest BCUT2D eigenvalue weighted by atomic mass is 79.9. The number of halogens is 1. The van der Waals surface area contributed by atoms with Gasteiger partial charge in [-0.1, -0.05) is 63.7 Å². The van der Waals surface area contributed by atoms with Gasteiger partial charge in [-0.2, -0.15) is 0 Å². The summed E-state index contributed by atoms with van der Waals surface area (Å²) < 4.78 is 1.01. The van der Waals surface area contributed by atoms with Crippen molar-refractivity contribution in [1.82, 2.24) is 4.98 Å². The number of carbonyl (C=O) groups is 2. The van der Waals surface area contributed by atoms with Gasteiger partial charge in [0.05, 0.1) is 5.03 Å². The number of thiazole rings is 1. The van der Waals surface area contributed by atoms with Gasteiger partial charge in [0, 0.05) is 27.3 Å². The van der Waals surface area contributed by atoms with Crippen LogP contribution in [-0.2, 0) is 16.0 Å². The van der Waals surface area contributed by atoms with Crippen molar-refractivity contribution in [3.63, 3.8) is 0 Å². The lowest BCUT2D eigenvalue weighted by Gasteiger charge is -2.33. The molecular weight excluding hydrogens is 532 g/mol. The number of hydrogen-bond donors (Lipinski definition) is 1. The van der Waals surface area contributed by atoms with E-state index >= 15 is 0 Å². The molecule has 2 fully saturated rings. The van der Waals surface area contributed by atoms with Crippen LogP contribution in [0.3, 0.4) is 0 Å². The second-order valence-electron chi connectivity index (χ2n) is 8.40. The molecule has 1 amide bonds. The Kier molecular flexibility index (Phi) is 10.2. The number of aromatic amines is 1. The summed E-state index contributed by atoms with van der Waals surface area (Å²) in [7, 11) is 1.72. The molecule has 34 heavy (non-hydrogen) atoms. The third-order valence-electron chi connectivity index (χ3n) is 6.42. The summed E-state index contributed by atoms with van der Waals surface area (Å²) in [4.78, 5) is 35.6. The molecule has 0 radical (unpaired) electrons. The molecule has 3 aromatic rings. The van der Waals surface area contributed by atoms with Crippen LogP contribution >= 0.6 is 39.0 Å². The lowest BCUT2D eigenvalue weighted by atomic mass is 9.85. The smallest absolute Gasteiger partial charge is 0.305 e. The Balaban J connectivity index is 0.000000150. The monoisotopic (exact) mass is 560 g/mol. The molecule has 180 valence electrons. The Morgan fingerprint density at radius 1 is 1.03 bits per heavy atom. The van der Waals surface area contributed by atoms with Crippen LogP contribution in [0, 0.1) is 17.8 Å². The second-order valence-corrected chi connectivity index (χ2v) is 11.6. The standard InChI is InChI=1S/C11H13NOS2.C8H8BrNO.C6H6.CH2O/c13-11-12-10-8(14-11)4-7-5-1-2-6(3-5)9(7)15-10;1-10(6-11)8-4-2-7(9)3-5-8;1-2-4-6-5-3-1;1-2/h5-7,9H,1-4H2,(H,12,13);2-6H,1H3;1-6H;1H2/t5-,6+,7+,9-;;;/m0.../s1. The van der Waals surface area contributed by atoms with Crippen molar-refractivity contribution >= 4 is 57.9 Å². The van der Waals surface area contributed by atoms with Crippen LogP contribution in [0.5, 0.6) is 0 Å². The number of rotatable bonds is 2. The van der Waals surface area contributed by atoms with Gasteiger partial charge in [0.2, 0.25) is 6.41 Å². The highest BCUT2D eigenvalue weighted by Gasteiger charge is 2.50. The molecular formula is C26H29BrN2O3S2. The average Bonchev–Trinajstić information content (AvgIpc) is 3.60. The fourth-order valence-electron chi connectivity index (χ4n) is 4.87. The highest BCUT2D eigenvalue weighted by molar-refractivity contribution is 9.10. The van der Waals surface area contributed by atoms with Gasteiger partial charge in [-0.15, -0.1) is 11.8 Å². The number of anilines is 1. The fraction of sp³-hybridized carbons (Fsp3) is 0.346. The van der Waals surface area contributed by atoms with E-state index in [1.54, 1.807) is 7.05 Å². The van der Waals surface area contributed by atoms with Gasteiger partial charge in [0.15, 0.2) is 0 Å². The lowest BCUT2D eigenvalue weighted by Crippen LogP contribution is -2.29. The van der Waals surface area contributed by atoms with Crippen LogP contribution in [0.25, 0.3) is 0 Å². The molecule has 2 bridgehead atoms. The maximum absolute atomic E-state index is 11.3. The molecule has 2 heterocycles. The summed E-state index contributed by atoms with van der Waals surface area (Å²) in [6.07, 6.45) is 6.30. The molecule has 0 saturated heterocycles. The van der Waals surface area contributed by atoms with Crippen molar-refractivity contribution in [3.8, 4) is 0 Å². The van der Waals surface area contributed by atoms with E-state index in [2.05, 4.69) is 20.9 Å². The molecule has 5 nitrogen and oxygen atoms in total. The molecule has 0 spiro atoms. The molecule has 1 aliphatic heterocycles. The Labute approximate surface area is 217 Å². The molecule has 3 aliphatic rings. The zero-order valence-corrected chi connectivity index (χ0v) is 22.3. The number of benzene rings is 2. The van der Waals surface area contributed by atoms with E-state index in [1.807, 2.05) is 79.2 Å². The number of H-pyrrole nitrogens is 1. The molecule has 1 N–H and O–H groups in total. The summed E-state index contributed by atoms with van der Waals surface area (Å²) in [6.45, 7) is 2.00. The number of nitrogens with zero attached hydrogens (tertiary/aromatic N) is 1. The third kappa shape index (κ3) is 6.71. The first-order valence-electron chi connectivity index (χ1n) is 11.2. The Hall–Kier alpha value is -2.16. The van der Waals surface area contributed by atoms with Gasteiger partial charge in [-0.05, 0) is 67.7 Å². The number of carbonyl (C=O) groups excluding carboxylic acids is 2. The number of amides is 1. The van der Waals surface area contributed by atoms with Gasteiger partial charge >= 0.3 is 4.87 Å². The Bertz CT molecular complexity index is 1020. The van der Waals surface area contributed by atoms with Crippen molar-refractivity contribution in [2.45, 2.75) is 36.0 Å². The van der Waals surface area contributed by atoms with Crippen molar-refractivity contribution < 1.29 is 9.59 Å². The summed E-state index contributed by atoms with van der Waals surface area (Å²) in [5, 5.41) is 2.01. The van der Waals surface area contributed by atoms with E-state index < -0.39 is 0 Å². The van der Waals surface area contributed by atoms with Crippen LogP contribution in [0.15, 0.2) is 75.0 Å². The van der Waals surface area contributed by atoms with Gasteiger partial charge in [-0.3, -0.25) is 9.59 Å². The minimum Gasteiger partial charge on any atom is -0.318 e. The minimum atomic E-state index is 0.139. The minimum absolute atomic E-state index is 0.139. The zero-order chi connectivity index (χ0) is 24.5. The number of hydrogen-bond acceptors (Lipinski definition) is 5. The first-order chi connectivity index (χ1) is 16.5. The molecule has 2 saturated carbocycles. The van der Waals surface area contributed by atoms with E-state index in [9.17, 15) is 9.59 Å². The maximum atomic E-state index is 11.3. The number of aromatic nitrogens is 1. The van der Waals surface area contributed by atoms with Crippen LogP contribution in [-0.4, -0.2) is 30.5 Å². The van der Waals surface area contributed by atoms with Crippen molar-refractivity contribution in [2.75, 3.05) is 11.9 Å². The van der Waals surface area contributed by atoms with Gasteiger partial charge in [-0.25, -0.2) is 0 Å². The molecule has 1 aromatic heterocycles. The molecule has 0 unspecified atom stereocenters. The Morgan fingerprint density at radius 2 is 1.62 bits per heavy atom. The summed E-state index contributed by atoms with van der Waals surface area (Å²) in [6, 6.07) is 19.5. The number of thioether (sulfide) groups is 1. The SMILES string of the molecule is C=O.CN(C=O)c1ccc(Br)cc1.O=c1[nH]c2c(s1)C[C@@H]1[C@H]3CC[C@H](C3)[C@@H]1S2.c1ccccc1. The molecule has 4 atom stereocenters. The second kappa shape index (κ2) is 13.1. The first-order valence-corrected chi connectivity index (χ1v) is 13.6. The molecule has 8 heteroatoms. The number of nitrogens with one attached hydrogen (secondary N) is 1. The van der Waals surface area contributed by atoms with Crippen molar-refractivity contribution in [3.05, 3.63) is 79.7 Å². The normalized spacial score (nSPS) is 22.9. The van der Waals surface area contributed by atoms with E-state index in [1.165, 1.54) is 51.8 Å². The van der Waals surface area contributed by atoms with E-state index in [0.717, 1.165) is 39.6 Å². The van der Waals surface area contributed by atoms with Gasteiger partial charge < -0.3 is 14.7 Å². The van der Waals surface area contributed by atoms with E-state index in [0.29, 0.717) is 0 Å². The van der Waals surface area contributed by atoms with Gasteiger partial charge in [0.1, 0.15) is 6.79 Å². The molecule has 2 aromatic carbocycles. The van der Waals surface area contributed by atoms with Crippen LogP contribution in [0.1, 0.15) is 24.1 Å². The highest BCUT2D eigenvalue weighted by Crippen LogP contribution is 2.58. The maximum Gasteiger partial charge on any atom is 0.305 e. The van der Waals surface area contributed by atoms with Crippen LogP contribution < -0.4 is 9.77 Å². The first kappa shape index (κ1) is 26.4. The quantitative estimate of drug-likeness (QED) is 0.387. The van der Waals surface area contributed by atoms with Crippen LogP contribution in [0.4, 0.5) is 5.69 Å². The summed E-state index contributed by atoms with van der Waals surface area (Å²) in [5.41, 5.74) is 0.892. The molecule has 2 aliphatic carbocycles. The number of fused-ring (bicyclic) bond motifs is 6. The fourth-order valence-corrected chi connectivity index (χ4v) is 7.84. The van der Waals surface area contributed by atoms with E-state index in [4.69, 9.17) is 4.79 Å². The summed E-state index contributed by atoms with van der Waals surface area (Å²) >= 11 is 6.71. The predicted octanol–water partition coefficient (Wildman–Crippen LogP) is 6.04. The van der Waals surface area contributed by atoms with Gasteiger partial charge in [0.25, 0.3) is 0 Å². The summed E-state index contributed by atoms with van der Waals surface area (Å²) in [5.74, 6) is 2.80. The van der Waals surface area contributed by atoms with Crippen molar-refractivity contribution in [2.24, 2.45) is 17.8 Å². The topological polar surface area (TPSA) is 70.2 Å². The zero-order valence-electron chi connectivity index (χ0n) is 19.1. The predicted molar refractivity (Wildman–Crippen MR) is 145 cm³/mol. The van der Waals surface area contributed by atoms with Crippen LogP contribution in [0.2, 0.25) is 0 Å².